The highest BCUT2D eigenvalue weighted by molar-refractivity contribution is 6.30. The molecule has 1 aromatic rings. The molecule has 0 aliphatic carbocycles. The molecule has 0 aliphatic rings. The topological polar surface area (TPSA) is 0 Å². The van der Waals surface area contributed by atoms with Crippen molar-refractivity contribution in [1.82, 2.24) is 0 Å². The van der Waals surface area contributed by atoms with E-state index >= 15 is 0 Å². The number of alkyl halides is 3. The number of hydrogen-bond donors (Lipinski definition) is 0. The van der Waals surface area contributed by atoms with Gasteiger partial charge >= 0.3 is 6.18 Å². The van der Waals surface area contributed by atoms with Crippen LogP contribution in [0.2, 0.25) is 5.02 Å². The molecule has 16 heavy (non-hydrogen) atoms. The Kier molecular flexibility index (Phi) is 3.25. The summed E-state index contributed by atoms with van der Waals surface area (Å²) in [7, 11) is 0. The molecule has 0 N–H and O–H groups in total. The maximum atomic E-state index is 12.8. The van der Waals surface area contributed by atoms with Crippen LogP contribution in [0.1, 0.15) is 25.0 Å². The SMILES string of the molecule is C#CC(C)(C)c1ccc(Cl)cc1C(F)(F)F. The molecule has 0 unspecified atom stereocenters. The van der Waals surface area contributed by atoms with Gasteiger partial charge in [0.2, 0.25) is 0 Å². The first kappa shape index (κ1) is 12.9. The predicted octanol–water partition coefficient (Wildman–Crippen LogP) is 4.27. The van der Waals surface area contributed by atoms with E-state index in [4.69, 9.17) is 18.0 Å². The first-order valence-corrected chi connectivity index (χ1v) is 4.91. The van der Waals surface area contributed by atoms with Crippen molar-refractivity contribution in [2.24, 2.45) is 0 Å². The molecule has 0 aromatic heterocycles. The highest BCUT2D eigenvalue weighted by Gasteiger charge is 2.37. The lowest BCUT2D eigenvalue weighted by Crippen LogP contribution is -2.20. The summed E-state index contributed by atoms with van der Waals surface area (Å²) in [5.74, 6) is 2.35. The average Bonchev–Trinajstić information content (AvgIpc) is 2.16. The highest BCUT2D eigenvalue weighted by atomic mass is 35.5. The first-order valence-electron chi connectivity index (χ1n) is 4.53. The van der Waals surface area contributed by atoms with Crippen LogP contribution in [0.25, 0.3) is 0 Å². The van der Waals surface area contributed by atoms with Crippen LogP contribution in [0.4, 0.5) is 13.2 Å². The van der Waals surface area contributed by atoms with Crippen LogP contribution >= 0.6 is 11.6 Å². The van der Waals surface area contributed by atoms with E-state index in [2.05, 4.69) is 5.92 Å². The van der Waals surface area contributed by atoms with Gasteiger partial charge in [0.05, 0.1) is 11.0 Å². The Hall–Kier alpha value is -1.14. The van der Waals surface area contributed by atoms with Crippen LogP contribution in [-0.2, 0) is 11.6 Å². The summed E-state index contributed by atoms with van der Waals surface area (Å²) >= 11 is 5.56. The zero-order valence-corrected chi connectivity index (χ0v) is 9.58. The molecule has 0 radical (unpaired) electrons. The van der Waals surface area contributed by atoms with Gasteiger partial charge in [0.15, 0.2) is 0 Å². The van der Waals surface area contributed by atoms with Gasteiger partial charge in [-0.3, -0.25) is 0 Å². The molecule has 0 spiro atoms. The van der Waals surface area contributed by atoms with E-state index in [0.29, 0.717) is 0 Å². The van der Waals surface area contributed by atoms with Crippen LogP contribution < -0.4 is 0 Å². The van der Waals surface area contributed by atoms with Gasteiger partial charge in [-0.1, -0.05) is 23.6 Å². The minimum absolute atomic E-state index is 0.0453. The molecule has 0 bridgehead atoms. The second kappa shape index (κ2) is 4.03. The number of hydrogen-bond acceptors (Lipinski definition) is 0. The molecule has 0 amide bonds. The summed E-state index contributed by atoms with van der Waals surface area (Å²) in [6.45, 7) is 3.12. The fourth-order valence-electron chi connectivity index (χ4n) is 1.37. The molecular formula is C12H10ClF3. The number of benzene rings is 1. The third kappa shape index (κ3) is 2.51. The van der Waals surface area contributed by atoms with Gasteiger partial charge in [-0.25, -0.2) is 0 Å². The minimum Gasteiger partial charge on any atom is -0.166 e. The molecule has 1 rings (SSSR count). The molecule has 0 saturated carbocycles. The smallest absolute Gasteiger partial charge is 0.166 e. The van der Waals surface area contributed by atoms with Crippen LogP contribution in [0, 0.1) is 12.3 Å². The predicted molar refractivity (Wildman–Crippen MR) is 58.3 cm³/mol. The Labute approximate surface area is 97.4 Å². The molecule has 0 saturated heterocycles. The highest BCUT2D eigenvalue weighted by Crippen LogP contribution is 2.38. The Balaban J connectivity index is 3.48. The van der Waals surface area contributed by atoms with E-state index in [9.17, 15) is 13.2 Å². The van der Waals surface area contributed by atoms with Gasteiger partial charge in [0, 0.05) is 5.02 Å². The average molecular weight is 247 g/mol. The third-order valence-electron chi connectivity index (χ3n) is 2.32. The normalized spacial score (nSPS) is 12.3. The van der Waals surface area contributed by atoms with E-state index < -0.39 is 17.2 Å². The van der Waals surface area contributed by atoms with E-state index in [1.165, 1.54) is 12.1 Å². The molecule has 4 heteroatoms. The van der Waals surface area contributed by atoms with Gasteiger partial charge in [-0.05, 0) is 31.5 Å². The minimum atomic E-state index is -4.45. The number of rotatable bonds is 1. The summed E-state index contributed by atoms with van der Waals surface area (Å²) in [4.78, 5) is 0. The molecule has 86 valence electrons. The molecule has 1 aromatic carbocycles. The molecular weight excluding hydrogens is 237 g/mol. The Morgan fingerprint density at radius 3 is 2.19 bits per heavy atom. The first-order chi connectivity index (χ1) is 7.18. The summed E-state index contributed by atoms with van der Waals surface area (Å²) in [6.07, 6.45) is 0.788. The molecule has 0 fully saturated rings. The summed E-state index contributed by atoms with van der Waals surface area (Å²) in [5.41, 5.74) is -1.69. The molecule has 0 aliphatic heterocycles. The van der Waals surface area contributed by atoms with E-state index in [-0.39, 0.29) is 10.6 Å². The zero-order valence-electron chi connectivity index (χ0n) is 8.82. The van der Waals surface area contributed by atoms with Gasteiger partial charge in [0.25, 0.3) is 0 Å². The van der Waals surface area contributed by atoms with Gasteiger partial charge in [-0.15, -0.1) is 6.42 Å². The summed E-state index contributed by atoms with van der Waals surface area (Å²) in [5, 5.41) is 0.0453. The fraction of sp³-hybridized carbons (Fsp3) is 0.333. The second-order valence-corrected chi connectivity index (χ2v) is 4.39. The van der Waals surface area contributed by atoms with E-state index in [1.807, 2.05) is 0 Å². The summed E-state index contributed by atoms with van der Waals surface area (Å²) < 4.78 is 38.3. The van der Waals surface area contributed by atoms with Crippen molar-refractivity contribution in [3.63, 3.8) is 0 Å². The van der Waals surface area contributed by atoms with Gasteiger partial charge in [0.1, 0.15) is 0 Å². The standard InChI is InChI=1S/C12H10ClF3/c1-4-11(2,3)9-6-5-8(13)7-10(9)12(14,15)16/h1,5-7H,2-3H3. The van der Waals surface area contributed by atoms with Gasteiger partial charge < -0.3 is 0 Å². The van der Waals surface area contributed by atoms with Gasteiger partial charge in [-0.2, -0.15) is 13.2 Å². The Bertz CT molecular complexity index is 439. The molecule has 0 heterocycles. The van der Waals surface area contributed by atoms with Crippen molar-refractivity contribution >= 4 is 11.6 Å². The quantitative estimate of drug-likeness (QED) is 0.649. The van der Waals surface area contributed by atoms with Crippen molar-refractivity contribution in [2.45, 2.75) is 25.4 Å². The molecule has 0 atom stereocenters. The number of halogens is 4. The maximum Gasteiger partial charge on any atom is 0.416 e. The van der Waals surface area contributed by atoms with E-state index in [1.54, 1.807) is 13.8 Å². The molecule has 0 nitrogen and oxygen atoms in total. The second-order valence-electron chi connectivity index (χ2n) is 3.96. The lowest BCUT2D eigenvalue weighted by atomic mass is 9.82. The van der Waals surface area contributed by atoms with Crippen molar-refractivity contribution in [1.29, 1.82) is 0 Å². The van der Waals surface area contributed by atoms with E-state index in [0.717, 1.165) is 6.07 Å². The van der Waals surface area contributed by atoms with Crippen molar-refractivity contribution < 1.29 is 13.2 Å². The summed E-state index contributed by atoms with van der Waals surface area (Å²) in [6, 6.07) is 3.63. The van der Waals surface area contributed by atoms with Crippen molar-refractivity contribution in [2.75, 3.05) is 0 Å². The van der Waals surface area contributed by atoms with Crippen molar-refractivity contribution in [3.05, 3.63) is 34.3 Å². The zero-order chi connectivity index (χ0) is 12.6. The Morgan fingerprint density at radius 2 is 1.75 bits per heavy atom. The Morgan fingerprint density at radius 1 is 1.19 bits per heavy atom. The van der Waals surface area contributed by atoms with Crippen molar-refractivity contribution in [3.8, 4) is 12.3 Å². The lowest BCUT2D eigenvalue weighted by Gasteiger charge is -2.23. The largest absolute Gasteiger partial charge is 0.416 e. The number of terminal acetylenes is 1. The monoisotopic (exact) mass is 246 g/mol. The van der Waals surface area contributed by atoms with Crippen LogP contribution in [-0.4, -0.2) is 0 Å². The van der Waals surface area contributed by atoms with Crippen LogP contribution in [0.3, 0.4) is 0 Å². The van der Waals surface area contributed by atoms with Crippen LogP contribution in [0.15, 0.2) is 18.2 Å². The lowest BCUT2D eigenvalue weighted by molar-refractivity contribution is -0.138. The fourth-order valence-corrected chi connectivity index (χ4v) is 1.55. The maximum absolute atomic E-state index is 12.8. The third-order valence-corrected chi connectivity index (χ3v) is 2.56. The van der Waals surface area contributed by atoms with Crippen LogP contribution in [0.5, 0.6) is 0 Å².